The number of anilines is 1. The Hall–Kier alpha value is -2.86. The number of hydrogen-bond donors (Lipinski definition) is 0. The van der Waals surface area contributed by atoms with Gasteiger partial charge in [0, 0.05) is 0 Å². The summed E-state index contributed by atoms with van der Waals surface area (Å²) >= 11 is 1.22. The molecule has 0 fully saturated rings. The SMILES string of the molecule is CCOC(=O)C(C)SC1=NC(=Cc2ccccc2)C(=O)N1c1ccccc1. The average molecular weight is 380 g/mol. The van der Waals surface area contributed by atoms with Crippen molar-refractivity contribution in [1.82, 2.24) is 0 Å². The Morgan fingerprint density at radius 1 is 1.15 bits per heavy atom. The van der Waals surface area contributed by atoms with Crippen molar-refractivity contribution in [2.24, 2.45) is 4.99 Å². The van der Waals surface area contributed by atoms with Gasteiger partial charge in [0.25, 0.3) is 5.91 Å². The second-order valence-corrected chi connectivity index (χ2v) is 7.13. The van der Waals surface area contributed by atoms with Gasteiger partial charge in [0.1, 0.15) is 10.9 Å². The molecular formula is C21H20N2O3S. The van der Waals surface area contributed by atoms with Gasteiger partial charge in [-0.1, -0.05) is 60.3 Å². The van der Waals surface area contributed by atoms with Crippen molar-refractivity contribution in [1.29, 1.82) is 0 Å². The number of hydrogen-bond acceptors (Lipinski definition) is 5. The van der Waals surface area contributed by atoms with E-state index in [-0.39, 0.29) is 11.9 Å². The first-order valence-corrected chi connectivity index (χ1v) is 9.56. The third-order valence-corrected chi connectivity index (χ3v) is 4.88. The molecule has 2 aromatic carbocycles. The fraction of sp³-hybridized carbons (Fsp3) is 0.190. The number of carbonyl (C=O) groups is 2. The number of para-hydroxylation sites is 1. The van der Waals surface area contributed by atoms with E-state index in [1.807, 2.05) is 60.7 Å². The van der Waals surface area contributed by atoms with Crippen molar-refractivity contribution < 1.29 is 14.3 Å². The molecule has 0 aromatic heterocycles. The van der Waals surface area contributed by atoms with Gasteiger partial charge in [-0.25, -0.2) is 4.99 Å². The number of benzene rings is 2. The first kappa shape index (κ1) is 18.9. The highest BCUT2D eigenvalue weighted by Gasteiger charge is 2.34. The van der Waals surface area contributed by atoms with Crippen LogP contribution in [0.5, 0.6) is 0 Å². The molecule has 2 aromatic rings. The molecule has 1 atom stereocenters. The van der Waals surface area contributed by atoms with E-state index >= 15 is 0 Å². The number of ether oxygens (including phenoxy) is 1. The number of rotatable bonds is 5. The predicted molar refractivity (Wildman–Crippen MR) is 109 cm³/mol. The van der Waals surface area contributed by atoms with Crippen LogP contribution >= 0.6 is 11.8 Å². The molecule has 6 heteroatoms. The minimum absolute atomic E-state index is 0.219. The lowest BCUT2D eigenvalue weighted by Crippen LogP contribution is -2.32. The summed E-state index contributed by atoms with van der Waals surface area (Å²) in [5.41, 5.74) is 1.94. The predicted octanol–water partition coefficient (Wildman–Crippen LogP) is 4.12. The van der Waals surface area contributed by atoms with Gasteiger partial charge in [-0.2, -0.15) is 0 Å². The Morgan fingerprint density at radius 2 is 1.78 bits per heavy atom. The summed E-state index contributed by atoms with van der Waals surface area (Å²) in [6.45, 7) is 3.83. The summed E-state index contributed by atoms with van der Waals surface area (Å²) in [5, 5.41) is -0.00674. The quantitative estimate of drug-likeness (QED) is 0.578. The van der Waals surface area contributed by atoms with Crippen LogP contribution in [0.2, 0.25) is 0 Å². The molecule has 0 saturated heterocycles. The van der Waals surface area contributed by atoms with E-state index in [1.165, 1.54) is 16.7 Å². The highest BCUT2D eigenvalue weighted by molar-refractivity contribution is 8.15. The minimum Gasteiger partial charge on any atom is -0.465 e. The highest BCUT2D eigenvalue weighted by Crippen LogP contribution is 2.31. The van der Waals surface area contributed by atoms with Crippen LogP contribution in [0.4, 0.5) is 5.69 Å². The van der Waals surface area contributed by atoms with E-state index in [0.717, 1.165) is 5.56 Å². The number of nitrogens with zero attached hydrogens (tertiary/aromatic N) is 2. The summed E-state index contributed by atoms with van der Waals surface area (Å²) in [7, 11) is 0. The molecule has 1 unspecified atom stereocenters. The summed E-state index contributed by atoms with van der Waals surface area (Å²) in [5.74, 6) is -0.547. The van der Waals surface area contributed by atoms with Gasteiger partial charge < -0.3 is 4.74 Å². The highest BCUT2D eigenvalue weighted by atomic mass is 32.2. The van der Waals surface area contributed by atoms with Crippen molar-refractivity contribution in [3.8, 4) is 0 Å². The molecule has 1 amide bonds. The molecule has 5 nitrogen and oxygen atoms in total. The van der Waals surface area contributed by atoms with Gasteiger partial charge in [0.05, 0.1) is 12.3 Å². The fourth-order valence-electron chi connectivity index (χ4n) is 2.55. The molecular weight excluding hydrogens is 360 g/mol. The molecule has 0 bridgehead atoms. The van der Waals surface area contributed by atoms with E-state index in [2.05, 4.69) is 4.99 Å². The van der Waals surface area contributed by atoms with Crippen LogP contribution in [0.15, 0.2) is 71.4 Å². The number of carbonyl (C=O) groups excluding carboxylic acids is 2. The molecule has 3 rings (SSSR count). The molecule has 0 N–H and O–H groups in total. The Bertz CT molecular complexity index is 879. The zero-order valence-corrected chi connectivity index (χ0v) is 16.0. The minimum atomic E-state index is -0.473. The first-order chi connectivity index (χ1) is 13.1. The summed E-state index contributed by atoms with van der Waals surface area (Å²) in [6, 6.07) is 18.8. The van der Waals surface area contributed by atoms with Gasteiger partial charge in [-0.15, -0.1) is 0 Å². The molecule has 0 spiro atoms. The third kappa shape index (κ3) is 4.46. The van der Waals surface area contributed by atoms with Crippen LogP contribution in [-0.4, -0.2) is 28.9 Å². The number of amides is 1. The van der Waals surface area contributed by atoms with Crippen LogP contribution in [0.3, 0.4) is 0 Å². The van der Waals surface area contributed by atoms with Gasteiger partial charge in [0.2, 0.25) is 0 Å². The lowest BCUT2D eigenvalue weighted by molar-refractivity contribution is -0.142. The van der Waals surface area contributed by atoms with Crippen LogP contribution in [0.25, 0.3) is 6.08 Å². The lowest BCUT2D eigenvalue weighted by atomic mass is 10.2. The van der Waals surface area contributed by atoms with Crippen molar-refractivity contribution in [3.63, 3.8) is 0 Å². The van der Waals surface area contributed by atoms with Crippen molar-refractivity contribution >= 4 is 40.6 Å². The van der Waals surface area contributed by atoms with E-state index in [0.29, 0.717) is 23.2 Å². The molecule has 0 aliphatic carbocycles. The van der Waals surface area contributed by atoms with Crippen molar-refractivity contribution in [3.05, 3.63) is 71.9 Å². The fourth-order valence-corrected chi connectivity index (χ4v) is 3.48. The second kappa shape index (κ2) is 8.68. The molecule has 0 radical (unpaired) electrons. The smallest absolute Gasteiger partial charge is 0.319 e. The van der Waals surface area contributed by atoms with E-state index < -0.39 is 5.25 Å². The number of aliphatic imine (C=N–C) groups is 1. The number of esters is 1. The van der Waals surface area contributed by atoms with E-state index in [9.17, 15) is 9.59 Å². The van der Waals surface area contributed by atoms with E-state index in [1.54, 1.807) is 19.9 Å². The van der Waals surface area contributed by atoms with Gasteiger partial charge in [-0.3, -0.25) is 14.5 Å². The van der Waals surface area contributed by atoms with Gasteiger partial charge in [-0.05, 0) is 37.6 Å². The topological polar surface area (TPSA) is 59.0 Å². The van der Waals surface area contributed by atoms with Gasteiger partial charge in [0.15, 0.2) is 5.17 Å². The molecule has 138 valence electrons. The second-order valence-electron chi connectivity index (χ2n) is 5.82. The largest absolute Gasteiger partial charge is 0.465 e. The van der Waals surface area contributed by atoms with Crippen LogP contribution in [0.1, 0.15) is 19.4 Å². The zero-order valence-electron chi connectivity index (χ0n) is 15.2. The summed E-state index contributed by atoms with van der Waals surface area (Å²) in [4.78, 5) is 31.1. The Morgan fingerprint density at radius 3 is 2.41 bits per heavy atom. The van der Waals surface area contributed by atoms with Crippen LogP contribution in [-0.2, 0) is 14.3 Å². The Balaban J connectivity index is 1.94. The summed E-state index contributed by atoms with van der Waals surface area (Å²) < 4.78 is 5.07. The van der Waals surface area contributed by atoms with Crippen LogP contribution in [0, 0.1) is 0 Å². The van der Waals surface area contributed by atoms with Crippen molar-refractivity contribution in [2.75, 3.05) is 11.5 Å². The monoisotopic (exact) mass is 380 g/mol. The molecule has 1 heterocycles. The van der Waals surface area contributed by atoms with Gasteiger partial charge >= 0.3 is 5.97 Å². The lowest BCUT2D eigenvalue weighted by Gasteiger charge is -2.19. The Kier molecular flexibility index (Phi) is 6.08. The zero-order chi connectivity index (χ0) is 19.2. The number of amidine groups is 1. The standard InChI is InChI=1S/C21H20N2O3S/c1-3-26-20(25)15(2)27-21-22-18(14-16-10-6-4-7-11-16)19(24)23(21)17-12-8-5-9-13-17/h4-15H,3H2,1-2H3. The maximum atomic E-state index is 13.0. The molecule has 27 heavy (non-hydrogen) atoms. The molecule has 0 saturated carbocycles. The molecule has 1 aliphatic heterocycles. The third-order valence-electron chi connectivity index (χ3n) is 3.85. The molecule has 1 aliphatic rings. The maximum absolute atomic E-state index is 13.0. The Labute approximate surface area is 162 Å². The number of thioether (sulfide) groups is 1. The first-order valence-electron chi connectivity index (χ1n) is 8.68. The average Bonchev–Trinajstić information content (AvgIpc) is 2.98. The normalized spacial score (nSPS) is 16.4. The summed E-state index contributed by atoms with van der Waals surface area (Å²) in [6.07, 6.45) is 1.75. The van der Waals surface area contributed by atoms with Crippen LogP contribution < -0.4 is 4.90 Å². The van der Waals surface area contributed by atoms with E-state index in [4.69, 9.17) is 4.74 Å². The maximum Gasteiger partial charge on any atom is 0.319 e. The van der Waals surface area contributed by atoms with Crippen molar-refractivity contribution in [2.45, 2.75) is 19.1 Å².